The Morgan fingerprint density at radius 2 is 1.95 bits per heavy atom. The van der Waals surface area contributed by atoms with Gasteiger partial charge in [-0.15, -0.1) is 0 Å². The summed E-state index contributed by atoms with van der Waals surface area (Å²) in [5.74, 6) is -0.808. The lowest BCUT2D eigenvalue weighted by molar-refractivity contribution is -0.385. The Hall–Kier alpha value is -1.96. The normalized spacial score (nSPS) is 10.2. The van der Waals surface area contributed by atoms with Crippen LogP contribution in [0, 0.1) is 10.1 Å². The minimum Gasteiger partial charge on any atom is -0.306 e. The van der Waals surface area contributed by atoms with E-state index in [4.69, 9.17) is 34.8 Å². The summed E-state index contributed by atoms with van der Waals surface area (Å²) >= 11 is 17.1. The minimum absolute atomic E-state index is 0.000724. The average Bonchev–Trinajstić information content (AvgIpc) is 2.36. The Kier molecular flexibility index (Phi) is 4.56. The molecule has 0 aliphatic rings. The standard InChI is InChI=1S/C11H5Cl3N4O3/c12-5-2-1-3-6(18(20)21)9(5)10(19)16-8-4-7(13)15-11(14)17-8/h1-4H,(H,15,16,17,19). The number of hydrogen-bond donors (Lipinski definition) is 1. The number of nitrogens with one attached hydrogen (secondary N) is 1. The maximum Gasteiger partial charge on any atom is 0.283 e. The van der Waals surface area contributed by atoms with E-state index in [1.807, 2.05) is 0 Å². The van der Waals surface area contributed by atoms with Gasteiger partial charge in [-0.1, -0.05) is 29.3 Å². The molecule has 0 saturated carbocycles. The first-order valence-corrected chi connectivity index (χ1v) is 6.46. The van der Waals surface area contributed by atoms with Crippen molar-refractivity contribution in [3.05, 3.63) is 55.4 Å². The number of aromatic nitrogens is 2. The zero-order valence-corrected chi connectivity index (χ0v) is 12.3. The van der Waals surface area contributed by atoms with Crippen molar-refractivity contribution in [2.75, 3.05) is 5.32 Å². The van der Waals surface area contributed by atoms with Crippen molar-refractivity contribution in [3.63, 3.8) is 0 Å². The van der Waals surface area contributed by atoms with Crippen LogP contribution in [-0.4, -0.2) is 20.8 Å². The van der Waals surface area contributed by atoms with Crippen LogP contribution in [0.15, 0.2) is 24.3 Å². The van der Waals surface area contributed by atoms with E-state index in [0.717, 1.165) is 0 Å². The number of nitrogens with zero attached hydrogens (tertiary/aromatic N) is 3. The molecule has 108 valence electrons. The number of amides is 1. The number of carbonyl (C=O) groups excluding carboxylic acids is 1. The Morgan fingerprint density at radius 1 is 1.24 bits per heavy atom. The van der Waals surface area contributed by atoms with Crippen molar-refractivity contribution in [1.82, 2.24) is 9.97 Å². The van der Waals surface area contributed by atoms with Crippen molar-refractivity contribution in [1.29, 1.82) is 0 Å². The van der Waals surface area contributed by atoms with Crippen LogP contribution in [-0.2, 0) is 0 Å². The first-order valence-electron chi connectivity index (χ1n) is 5.33. The number of halogens is 3. The van der Waals surface area contributed by atoms with Gasteiger partial charge in [-0.2, -0.15) is 0 Å². The summed E-state index contributed by atoms with van der Waals surface area (Å²) in [5, 5.41) is 13.0. The van der Waals surface area contributed by atoms with Crippen LogP contribution in [0.1, 0.15) is 10.4 Å². The molecule has 1 amide bonds. The molecule has 7 nitrogen and oxygen atoms in total. The summed E-state index contributed by atoms with van der Waals surface area (Å²) in [5.41, 5.74) is -0.707. The fraction of sp³-hybridized carbons (Fsp3) is 0. The number of nitro benzene ring substituents is 1. The van der Waals surface area contributed by atoms with E-state index in [-0.39, 0.29) is 26.8 Å². The molecule has 1 aromatic heterocycles. The predicted molar refractivity (Wildman–Crippen MR) is 78.1 cm³/mol. The topological polar surface area (TPSA) is 98.0 Å². The Balaban J connectivity index is 2.39. The third-order valence-electron chi connectivity index (χ3n) is 2.32. The number of anilines is 1. The van der Waals surface area contributed by atoms with Gasteiger partial charge in [-0.3, -0.25) is 14.9 Å². The maximum absolute atomic E-state index is 12.1. The lowest BCUT2D eigenvalue weighted by atomic mass is 10.1. The second-order valence-electron chi connectivity index (χ2n) is 3.69. The van der Waals surface area contributed by atoms with E-state index >= 15 is 0 Å². The molecule has 0 bridgehead atoms. The van der Waals surface area contributed by atoms with Crippen molar-refractivity contribution in [3.8, 4) is 0 Å². The van der Waals surface area contributed by atoms with Crippen LogP contribution in [0.25, 0.3) is 0 Å². The molecule has 2 rings (SSSR count). The van der Waals surface area contributed by atoms with Crippen molar-refractivity contribution >= 4 is 52.2 Å². The van der Waals surface area contributed by atoms with E-state index < -0.39 is 16.5 Å². The van der Waals surface area contributed by atoms with Gasteiger partial charge in [0.05, 0.1) is 9.95 Å². The third-order valence-corrected chi connectivity index (χ3v) is 3.00. The van der Waals surface area contributed by atoms with Crippen LogP contribution in [0.4, 0.5) is 11.5 Å². The Bertz CT molecular complexity index is 718. The number of nitro groups is 1. The van der Waals surface area contributed by atoms with E-state index in [1.54, 1.807) is 0 Å². The van der Waals surface area contributed by atoms with Crippen LogP contribution >= 0.6 is 34.8 Å². The van der Waals surface area contributed by atoms with Crippen LogP contribution in [0.3, 0.4) is 0 Å². The molecular formula is C11H5Cl3N4O3. The summed E-state index contributed by atoms with van der Waals surface area (Å²) in [6, 6.07) is 5.15. The molecule has 0 atom stereocenters. The molecule has 0 spiro atoms. The van der Waals surface area contributed by atoms with Crippen LogP contribution in [0.2, 0.25) is 15.5 Å². The Labute approximate surface area is 133 Å². The number of benzene rings is 1. The highest BCUT2D eigenvalue weighted by atomic mass is 35.5. The molecule has 0 fully saturated rings. The van der Waals surface area contributed by atoms with Gasteiger partial charge in [-0.05, 0) is 17.7 Å². The molecule has 0 aliphatic heterocycles. The Morgan fingerprint density at radius 3 is 2.57 bits per heavy atom. The summed E-state index contributed by atoms with van der Waals surface area (Å²) in [7, 11) is 0. The fourth-order valence-electron chi connectivity index (χ4n) is 1.52. The zero-order chi connectivity index (χ0) is 15.6. The first kappa shape index (κ1) is 15.4. The van der Waals surface area contributed by atoms with Gasteiger partial charge < -0.3 is 5.32 Å². The second kappa shape index (κ2) is 6.21. The highest BCUT2D eigenvalue weighted by Gasteiger charge is 2.23. The maximum atomic E-state index is 12.1. The highest BCUT2D eigenvalue weighted by molar-refractivity contribution is 6.35. The molecule has 0 saturated heterocycles. The predicted octanol–water partition coefficient (Wildman–Crippen LogP) is 3.60. The van der Waals surface area contributed by atoms with Gasteiger partial charge in [0, 0.05) is 12.1 Å². The second-order valence-corrected chi connectivity index (χ2v) is 4.82. The van der Waals surface area contributed by atoms with E-state index in [1.165, 1.54) is 24.3 Å². The van der Waals surface area contributed by atoms with Gasteiger partial charge in [0.25, 0.3) is 11.6 Å². The van der Waals surface area contributed by atoms with Gasteiger partial charge >= 0.3 is 0 Å². The summed E-state index contributed by atoms with van der Waals surface area (Å²) in [6.07, 6.45) is 0. The molecule has 0 aliphatic carbocycles. The van der Waals surface area contributed by atoms with Crippen LogP contribution in [0.5, 0.6) is 0 Å². The van der Waals surface area contributed by atoms with Gasteiger partial charge in [0.15, 0.2) is 0 Å². The van der Waals surface area contributed by atoms with E-state index in [2.05, 4.69) is 15.3 Å². The lowest BCUT2D eigenvalue weighted by Crippen LogP contribution is -2.15. The molecule has 10 heteroatoms. The molecule has 1 aromatic carbocycles. The molecule has 2 aromatic rings. The number of hydrogen-bond acceptors (Lipinski definition) is 5. The summed E-state index contributed by atoms with van der Waals surface area (Å²) in [4.78, 5) is 29.7. The van der Waals surface area contributed by atoms with Crippen molar-refractivity contribution in [2.45, 2.75) is 0 Å². The van der Waals surface area contributed by atoms with E-state index in [0.29, 0.717) is 0 Å². The van der Waals surface area contributed by atoms with Crippen LogP contribution < -0.4 is 5.32 Å². The fourth-order valence-corrected chi connectivity index (χ4v) is 2.19. The van der Waals surface area contributed by atoms with Crippen molar-refractivity contribution in [2.24, 2.45) is 0 Å². The highest BCUT2D eigenvalue weighted by Crippen LogP contribution is 2.27. The summed E-state index contributed by atoms with van der Waals surface area (Å²) in [6.45, 7) is 0. The quantitative estimate of drug-likeness (QED) is 0.396. The zero-order valence-electron chi connectivity index (χ0n) is 10.0. The smallest absolute Gasteiger partial charge is 0.283 e. The SMILES string of the molecule is O=C(Nc1cc(Cl)nc(Cl)n1)c1c(Cl)cccc1[N+](=O)[O-]. The molecule has 0 radical (unpaired) electrons. The molecular weight excluding hydrogens is 343 g/mol. The van der Waals surface area contributed by atoms with Gasteiger partial charge in [0.1, 0.15) is 16.5 Å². The third kappa shape index (κ3) is 3.57. The van der Waals surface area contributed by atoms with Gasteiger partial charge in [-0.25, -0.2) is 9.97 Å². The number of carbonyl (C=O) groups is 1. The lowest BCUT2D eigenvalue weighted by Gasteiger charge is -2.07. The molecule has 21 heavy (non-hydrogen) atoms. The largest absolute Gasteiger partial charge is 0.306 e. The minimum atomic E-state index is -0.807. The van der Waals surface area contributed by atoms with Crippen molar-refractivity contribution < 1.29 is 9.72 Å². The molecule has 1 heterocycles. The monoisotopic (exact) mass is 346 g/mol. The number of rotatable bonds is 3. The van der Waals surface area contributed by atoms with E-state index in [9.17, 15) is 14.9 Å². The molecule has 0 unspecified atom stereocenters. The first-order chi connectivity index (χ1) is 9.88. The van der Waals surface area contributed by atoms with Gasteiger partial charge in [0.2, 0.25) is 5.28 Å². The summed E-state index contributed by atoms with van der Waals surface area (Å²) < 4.78 is 0. The molecule has 1 N–H and O–H groups in total. The average molecular weight is 348 g/mol.